The molecule has 0 bridgehead atoms. The molecule has 0 fully saturated rings. The van der Waals surface area contributed by atoms with Crippen LogP contribution in [-0.2, 0) is 4.79 Å². The van der Waals surface area contributed by atoms with Gasteiger partial charge in [-0.1, -0.05) is 36.7 Å². The molecule has 1 aromatic rings. The van der Waals surface area contributed by atoms with Crippen molar-refractivity contribution >= 4 is 27.5 Å². The Bertz CT molecular complexity index is 395. The molecule has 0 spiro atoms. The Morgan fingerprint density at radius 1 is 1.19 bits per heavy atom. The lowest BCUT2D eigenvalue weighted by Gasteiger charge is -2.20. The van der Waals surface area contributed by atoms with Crippen molar-refractivity contribution in [3.63, 3.8) is 0 Å². The molecule has 1 rings (SSSR count). The molecule has 0 atom stereocenters. The molecule has 1 aromatic carbocycles. The molecule has 0 radical (unpaired) electrons. The van der Waals surface area contributed by atoms with Crippen LogP contribution in [0.4, 0.5) is 5.69 Å². The summed E-state index contributed by atoms with van der Waals surface area (Å²) in [5, 5.41) is 2.99. The average Bonchev–Trinajstić information content (AvgIpc) is 2.08. The second-order valence-electron chi connectivity index (χ2n) is 5.12. The van der Waals surface area contributed by atoms with Crippen LogP contribution < -0.4 is 5.32 Å². The lowest BCUT2D eigenvalue weighted by molar-refractivity contribution is -0.123. The normalized spacial score (nSPS) is 11.4. The van der Waals surface area contributed by atoms with E-state index in [2.05, 4.69) is 21.2 Å². The SMILES string of the molecule is Cc1cc(Br)cc(C)c1NC(=O)C(C)(C)C. The predicted octanol–water partition coefficient (Wildman–Crippen LogP) is 4.05. The third kappa shape index (κ3) is 3.08. The van der Waals surface area contributed by atoms with Crippen LogP contribution in [-0.4, -0.2) is 5.91 Å². The van der Waals surface area contributed by atoms with Gasteiger partial charge in [0.25, 0.3) is 0 Å². The minimum absolute atomic E-state index is 0.0426. The van der Waals surface area contributed by atoms with E-state index in [0.717, 1.165) is 21.3 Å². The zero-order valence-corrected chi connectivity index (χ0v) is 12.0. The van der Waals surface area contributed by atoms with Crippen molar-refractivity contribution < 1.29 is 4.79 Å². The van der Waals surface area contributed by atoms with Gasteiger partial charge in [-0.05, 0) is 37.1 Å². The van der Waals surface area contributed by atoms with E-state index >= 15 is 0 Å². The van der Waals surface area contributed by atoms with E-state index in [1.54, 1.807) is 0 Å². The van der Waals surface area contributed by atoms with Gasteiger partial charge in [0.05, 0.1) is 0 Å². The number of anilines is 1. The zero-order valence-electron chi connectivity index (χ0n) is 10.4. The van der Waals surface area contributed by atoms with Gasteiger partial charge in [0, 0.05) is 15.6 Å². The lowest BCUT2D eigenvalue weighted by Crippen LogP contribution is -2.28. The second-order valence-corrected chi connectivity index (χ2v) is 6.03. The summed E-state index contributed by atoms with van der Waals surface area (Å²) in [5.74, 6) is 0.0426. The summed E-state index contributed by atoms with van der Waals surface area (Å²) in [5.41, 5.74) is 2.70. The Kier molecular flexibility index (Phi) is 3.79. The molecular weight excluding hydrogens is 266 g/mol. The number of benzene rings is 1. The van der Waals surface area contributed by atoms with Crippen LogP contribution >= 0.6 is 15.9 Å². The number of amides is 1. The summed E-state index contributed by atoms with van der Waals surface area (Å²) in [4.78, 5) is 11.9. The topological polar surface area (TPSA) is 29.1 Å². The highest BCUT2D eigenvalue weighted by molar-refractivity contribution is 9.10. The third-order valence-corrected chi connectivity index (χ3v) is 2.88. The van der Waals surface area contributed by atoms with E-state index in [-0.39, 0.29) is 11.3 Å². The number of hydrogen-bond donors (Lipinski definition) is 1. The van der Waals surface area contributed by atoms with E-state index in [1.165, 1.54) is 0 Å². The van der Waals surface area contributed by atoms with Gasteiger partial charge in [0.1, 0.15) is 0 Å². The molecule has 2 nitrogen and oxygen atoms in total. The smallest absolute Gasteiger partial charge is 0.229 e. The Morgan fingerprint density at radius 3 is 2.00 bits per heavy atom. The quantitative estimate of drug-likeness (QED) is 0.828. The fourth-order valence-electron chi connectivity index (χ4n) is 1.41. The predicted molar refractivity (Wildman–Crippen MR) is 71.7 cm³/mol. The lowest BCUT2D eigenvalue weighted by atomic mass is 9.95. The van der Waals surface area contributed by atoms with E-state index in [1.807, 2.05) is 46.8 Å². The van der Waals surface area contributed by atoms with Gasteiger partial charge in [0.15, 0.2) is 0 Å². The minimum Gasteiger partial charge on any atom is -0.325 e. The molecule has 16 heavy (non-hydrogen) atoms. The molecule has 0 unspecified atom stereocenters. The molecule has 1 amide bonds. The van der Waals surface area contributed by atoms with Crippen LogP contribution in [0.25, 0.3) is 0 Å². The number of hydrogen-bond acceptors (Lipinski definition) is 1. The van der Waals surface area contributed by atoms with Crippen LogP contribution in [0.15, 0.2) is 16.6 Å². The Balaban J connectivity index is 3.03. The fraction of sp³-hybridized carbons (Fsp3) is 0.462. The van der Waals surface area contributed by atoms with E-state index in [0.29, 0.717) is 0 Å². The van der Waals surface area contributed by atoms with Gasteiger partial charge in [-0.2, -0.15) is 0 Å². The van der Waals surface area contributed by atoms with Crippen LogP contribution in [0.1, 0.15) is 31.9 Å². The molecule has 0 saturated carbocycles. The largest absolute Gasteiger partial charge is 0.325 e. The third-order valence-electron chi connectivity index (χ3n) is 2.42. The van der Waals surface area contributed by atoms with Gasteiger partial charge >= 0.3 is 0 Å². The molecule has 0 aromatic heterocycles. The van der Waals surface area contributed by atoms with Crippen molar-refractivity contribution in [3.8, 4) is 0 Å². The first kappa shape index (κ1) is 13.2. The summed E-state index contributed by atoms with van der Waals surface area (Å²) in [7, 11) is 0. The summed E-state index contributed by atoms with van der Waals surface area (Å²) in [6.07, 6.45) is 0. The van der Waals surface area contributed by atoms with Gasteiger partial charge in [-0.15, -0.1) is 0 Å². The first-order valence-corrected chi connectivity index (χ1v) is 6.09. The average molecular weight is 284 g/mol. The Morgan fingerprint density at radius 2 is 1.62 bits per heavy atom. The fourth-order valence-corrected chi connectivity index (χ4v) is 2.10. The first-order chi connectivity index (χ1) is 7.21. The number of nitrogens with one attached hydrogen (secondary N) is 1. The first-order valence-electron chi connectivity index (χ1n) is 5.30. The van der Waals surface area contributed by atoms with E-state index < -0.39 is 0 Å². The highest BCUT2D eigenvalue weighted by atomic mass is 79.9. The molecule has 1 N–H and O–H groups in total. The number of halogens is 1. The maximum Gasteiger partial charge on any atom is 0.229 e. The number of carbonyl (C=O) groups excluding carboxylic acids is 1. The maximum atomic E-state index is 11.9. The van der Waals surface area contributed by atoms with Crippen LogP contribution in [0.3, 0.4) is 0 Å². The van der Waals surface area contributed by atoms with Crippen molar-refractivity contribution in [2.45, 2.75) is 34.6 Å². The number of carbonyl (C=O) groups is 1. The van der Waals surface area contributed by atoms with Gasteiger partial charge in [0.2, 0.25) is 5.91 Å². The van der Waals surface area contributed by atoms with Crippen LogP contribution in [0.5, 0.6) is 0 Å². The summed E-state index contributed by atoms with van der Waals surface area (Å²) >= 11 is 3.44. The van der Waals surface area contributed by atoms with Crippen LogP contribution in [0.2, 0.25) is 0 Å². The van der Waals surface area contributed by atoms with Crippen LogP contribution in [0, 0.1) is 19.3 Å². The molecule has 0 aliphatic rings. The Labute approximate surface area is 106 Å². The number of rotatable bonds is 1. The summed E-state index contributed by atoms with van der Waals surface area (Å²) in [6.45, 7) is 9.72. The van der Waals surface area contributed by atoms with E-state index in [4.69, 9.17) is 0 Å². The molecule has 0 aliphatic heterocycles. The standard InChI is InChI=1S/C13H18BrNO/c1-8-6-10(14)7-9(2)11(8)15-12(16)13(3,4)5/h6-7H,1-5H3,(H,15,16). The second kappa shape index (κ2) is 4.58. The minimum atomic E-state index is -0.369. The molecule has 0 heterocycles. The zero-order chi connectivity index (χ0) is 12.5. The van der Waals surface area contributed by atoms with Crippen molar-refractivity contribution in [2.75, 3.05) is 5.32 Å². The van der Waals surface area contributed by atoms with Gasteiger partial charge in [-0.3, -0.25) is 4.79 Å². The monoisotopic (exact) mass is 283 g/mol. The molecule has 0 saturated heterocycles. The van der Waals surface area contributed by atoms with Gasteiger partial charge in [-0.25, -0.2) is 0 Å². The molecular formula is C13H18BrNO. The molecule has 0 aliphatic carbocycles. The van der Waals surface area contributed by atoms with E-state index in [9.17, 15) is 4.79 Å². The van der Waals surface area contributed by atoms with Crippen molar-refractivity contribution in [2.24, 2.45) is 5.41 Å². The Hall–Kier alpha value is -0.830. The van der Waals surface area contributed by atoms with Crippen molar-refractivity contribution in [3.05, 3.63) is 27.7 Å². The molecule has 88 valence electrons. The van der Waals surface area contributed by atoms with Gasteiger partial charge < -0.3 is 5.32 Å². The highest BCUT2D eigenvalue weighted by Crippen LogP contribution is 2.27. The molecule has 3 heteroatoms. The number of aryl methyl sites for hydroxylation is 2. The van der Waals surface area contributed by atoms with Crippen molar-refractivity contribution in [1.29, 1.82) is 0 Å². The highest BCUT2D eigenvalue weighted by Gasteiger charge is 2.22. The van der Waals surface area contributed by atoms with Crippen molar-refractivity contribution in [1.82, 2.24) is 0 Å². The summed E-state index contributed by atoms with van der Waals surface area (Å²) in [6, 6.07) is 4.01. The maximum absolute atomic E-state index is 11.9. The summed E-state index contributed by atoms with van der Waals surface area (Å²) < 4.78 is 1.04.